The van der Waals surface area contributed by atoms with Gasteiger partial charge in [-0.05, 0) is 35.4 Å². The number of benzene rings is 1. The standard InChI is InChI=1S/C16H22F3N/c1-11-7-8-20(10-11)14-9-12(16(17,18)19)5-6-13(14)15(2,3)4/h5-6,9,11H,7-8,10H2,1-4H3. The summed E-state index contributed by atoms with van der Waals surface area (Å²) in [4.78, 5) is 2.10. The van der Waals surface area contributed by atoms with E-state index < -0.39 is 11.7 Å². The SMILES string of the molecule is CC1CCN(c2cc(C(F)(F)F)ccc2C(C)(C)C)C1. The molecule has 2 rings (SSSR count). The van der Waals surface area contributed by atoms with Gasteiger partial charge in [-0.1, -0.05) is 33.8 Å². The van der Waals surface area contributed by atoms with Crippen molar-refractivity contribution in [3.63, 3.8) is 0 Å². The molecule has 4 heteroatoms. The Labute approximate surface area is 118 Å². The maximum absolute atomic E-state index is 12.9. The van der Waals surface area contributed by atoms with Crippen LogP contribution in [0.5, 0.6) is 0 Å². The molecule has 1 nitrogen and oxygen atoms in total. The molecule has 0 aromatic heterocycles. The van der Waals surface area contributed by atoms with Gasteiger partial charge < -0.3 is 4.90 Å². The lowest BCUT2D eigenvalue weighted by atomic mass is 9.84. The third-order valence-corrected chi connectivity index (χ3v) is 3.90. The van der Waals surface area contributed by atoms with E-state index in [-0.39, 0.29) is 5.41 Å². The lowest BCUT2D eigenvalue weighted by Gasteiger charge is -2.29. The Hall–Kier alpha value is -1.19. The van der Waals surface area contributed by atoms with Crippen LogP contribution in [0.1, 0.15) is 45.2 Å². The van der Waals surface area contributed by atoms with Gasteiger partial charge in [0.2, 0.25) is 0 Å². The minimum Gasteiger partial charge on any atom is -0.371 e. The van der Waals surface area contributed by atoms with Gasteiger partial charge in [0.1, 0.15) is 0 Å². The molecule has 0 saturated carbocycles. The Bertz CT molecular complexity index is 485. The summed E-state index contributed by atoms with van der Waals surface area (Å²) in [6, 6.07) is 4.16. The van der Waals surface area contributed by atoms with Gasteiger partial charge in [0.25, 0.3) is 0 Å². The quantitative estimate of drug-likeness (QED) is 0.713. The maximum atomic E-state index is 12.9. The van der Waals surface area contributed by atoms with Crippen molar-refractivity contribution in [3.8, 4) is 0 Å². The van der Waals surface area contributed by atoms with Gasteiger partial charge >= 0.3 is 6.18 Å². The molecule has 0 aliphatic carbocycles. The molecule has 0 amide bonds. The molecule has 1 unspecified atom stereocenters. The second-order valence-corrected chi connectivity index (χ2v) is 6.82. The van der Waals surface area contributed by atoms with Crippen molar-refractivity contribution in [1.29, 1.82) is 0 Å². The van der Waals surface area contributed by atoms with Gasteiger partial charge in [0.15, 0.2) is 0 Å². The first-order chi connectivity index (χ1) is 9.09. The summed E-state index contributed by atoms with van der Waals surface area (Å²) in [6.07, 6.45) is -3.24. The van der Waals surface area contributed by atoms with E-state index in [1.54, 1.807) is 6.07 Å². The molecule has 1 aromatic rings. The molecule has 1 heterocycles. The Morgan fingerprint density at radius 1 is 1.15 bits per heavy atom. The van der Waals surface area contributed by atoms with Crippen LogP contribution in [-0.4, -0.2) is 13.1 Å². The Kier molecular flexibility index (Phi) is 3.78. The van der Waals surface area contributed by atoms with Crippen molar-refractivity contribution in [2.75, 3.05) is 18.0 Å². The van der Waals surface area contributed by atoms with E-state index in [0.29, 0.717) is 5.92 Å². The van der Waals surface area contributed by atoms with Crippen LogP contribution in [0.15, 0.2) is 18.2 Å². The van der Waals surface area contributed by atoms with Crippen molar-refractivity contribution in [2.24, 2.45) is 5.92 Å². The number of alkyl halides is 3. The highest BCUT2D eigenvalue weighted by Gasteiger charge is 2.33. The summed E-state index contributed by atoms with van der Waals surface area (Å²) in [7, 11) is 0. The Morgan fingerprint density at radius 2 is 1.80 bits per heavy atom. The molecular formula is C16H22F3N. The second kappa shape index (κ2) is 4.97. The molecule has 0 N–H and O–H groups in total. The van der Waals surface area contributed by atoms with Crippen LogP contribution in [-0.2, 0) is 11.6 Å². The molecule has 1 saturated heterocycles. The average molecular weight is 285 g/mol. The smallest absolute Gasteiger partial charge is 0.371 e. The monoisotopic (exact) mass is 285 g/mol. The topological polar surface area (TPSA) is 3.24 Å². The average Bonchev–Trinajstić information content (AvgIpc) is 2.72. The molecule has 112 valence electrons. The third-order valence-electron chi connectivity index (χ3n) is 3.90. The number of hydrogen-bond donors (Lipinski definition) is 0. The third kappa shape index (κ3) is 3.10. The molecule has 1 fully saturated rings. The first-order valence-corrected chi connectivity index (χ1v) is 7.05. The maximum Gasteiger partial charge on any atom is 0.416 e. The van der Waals surface area contributed by atoms with E-state index in [1.165, 1.54) is 12.1 Å². The van der Waals surface area contributed by atoms with Gasteiger partial charge in [0.05, 0.1) is 5.56 Å². The van der Waals surface area contributed by atoms with Gasteiger partial charge in [-0.2, -0.15) is 13.2 Å². The second-order valence-electron chi connectivity index (χ2n) is 6.82. The fourth-order valence-electron chi connectivity index (χ4n) is 2.76. The highest BCUT2D eigenvalue weighted by Crippen LogP contribution is 2.39. The van der Waals surface area contributed by atoms with Crippen LogP contribution in [0, 0.1) is 5.92 Å². The van der Waals surface area contributed by atoms with Crippen molar-refractivity contribution in [3.05, 3.63) is 29.3 Å². The van der Waals surface area contributed by atoms with E-state index in [2.05, 4.69) is 11.8 Å². The number of halogens is 3. The number of anilines is 1. The Balaban J connectivity index is 2.49. The first-order valence-electron chi connectivity index (χ1n) is 7.05. The van der Waals surface area contributed by atoms with E-state index in [4.69, 9.17) is 0 Å². The van der Waals surface area contributed by atoms with E-state index in [1.807, 2.05) is 20.8 Å². The minimum atomic E-state index is -4.28. The van der Waals surface area contributed by atoms with Gasteiger partial charge in [-0.15, -0.1) is 0 Å². The minimum absolute atomic E-state index is 0.161. The lowest BCUT2D eigenvalue weighted by molar-refractivity contribution is -0.137. The molecule has 1 aliphatic rings. The van der Waals surface area contributed by atoms with Crippen molar-refractivity contribution < 1.29 is 13.2 Å². The fourth-order valence-corrected chi connectivity index (χ4v) is 2.76. The largest absolute Gasteiger partial charge is 0.416 e. The van der Waals surface area contributed by atoms with Crippen LogP contribution >= 0.6 is 0 Å². The molecule has 20 heavy (non-hydrogen) atoms. The van der Waals surface area contributed by atoms with Crippen LogP contribution in [0.2, 0.25) is 0 Å². The highest BCUT2D eigenvalue weighted by molar-refractivity contribution is 5.59. The highest BCUT2D eigenvalue weighted by atomic mass is 19.4. The summed E-state index contributed by atoms with van der Waals surface area (Å²) < 4.78 is 38.8. The molecule has 0 spiro atoms. The normalized spacial score (nSPS) is 20.6. The van der Waals surface area contributed by atoms with Gasteiger partial charge in [-0.3, -0.25) is 0 Å². The van der Waals surface area contributed by atoms with E-state index in [9.17, 15) is 13.2 Å². The fraction of sp³-hybridized carbons (Fsp3) is 0.625. The Morgan fingerprint density at radius 3 is 2.25 bits per heavy atom. The van der Waals surface area contributed by atoms with E-state index >= 15 is 0 Å². The molecule has 1 atom stereocenters. The number of nitrogens with zero attached hydrogens (tertiary/aromatic N) is 1. The van der Waals surface area contributed by atoms with Crippen molar-refractivity contribution in [2.45, 2.75) is 45.7 Å². The predicted octanol–water partition coefficient (Wildman–Crippen LogP) is 4.85. The first kappa shape index (κ1) is 15.2. The zero-order valence-electron chi connectivity index (χ0n) is 12.5. The summed E-state index contributed by atoms with van der Waals surface area (Å²) in [5.41, 5.74) is 1.02. The predicted molar refractivity (Wildman–Crippen MR) is 76.1 cm³/mol. The van der Waals surface area contributed by atoms with Gasteiger partial charge in [-0.25, -0.2) is 0 Å². The number of rotatable bonds is 1. The van der Waals surface area contributed by atoms with Crippen LogP contribution < -0.4 is 4.90 Å². The van der Waals surface area contributed by atoms with Crippen LogP contribution in [0.25, 0.3) is 0 Å². The molecule has 1 aliphatic heterocycles. The summed E-state index contributed by atoms with van der Waals surface area (Å²) in [5, 5.41) is 0. The molecular weight excluding hydrogens is 263 g/mol. The van der Waals surface area contributed by atoms with E-state index in [0.717, 1.165) is 30.8 Å². The molecule has 0 radical (unpaired) electrons. The van der Waals surface area contributed by atoms with Crippen molar-refractivity contribution in [1.82, 2.24) is 0 Å². The molecule has 0 bridgehead atoms. The number of hydrogen-bond acceptors (Lipinski definition) is 1. The zero-order valence-corrected chi connectivity index (χ0v) is 12.5. The van der Waals surface area contributed by atoms with Crippen molar-refractivity contribution >= 4 is 5.69 Å². The summed E-state index contributed by atoms with van der Waals surface area (Å²) in [5.74, 6) is 0.539. The van der Waals surface area contributed by atoms with Gasteiger partial charge in [0, 0.05) is 18.8 Å². The van der Waals surface area contributed by atoms with Crippen LogP contribution in [0.3, 0.4) is 0 Å². The van der Waals surface area contributed by atoms with Crippen LogP contribution in [0.4, 0.5) is 18.9 Å². The molecule has 1 aromatic carbocycles. The summed E-state index contributed by atoms with van der Waals surface area (Å²) in [6.45, 7) is 9.94. The summed E-state index contributed by atoms with van der Waals surface area (Å²) >= 11 is 0. The zero-order chi connectivity index (χ0) is 15.1. The lowest BCUT2D eigenvalue weighted by Crippen LogP contribution is -2.25.